The number of hydrogen-bond acceptors (Lipinski definition) is 4. The van der Waals surface area contributed by atoms with E-state index in [9.17, 15) is 9.50 Å². The van der Waals surface area contributed by atoms with Crippen molar-refractivity contribution in [1.29, 1.82) is 0 Å². The Morgan fingerprint density at radius 3 is 2.88 bits per heavy atom. The summed E-state index contributed by atoms with van der Waals surface area (Å²) in [5.41, 5.74) is 0.270. The first-order valence-electron chi connectivity index (χ1n) is 5.49. The normalized spacial score (nSPS) is 12.6. The van der Waals surface area contributed by atoms with Gasteiger partial charge in [-0.1, -0.05) is 30.6 Å². The molecular formula is C12H13FN2O2. The lowest BCUT2D eigenvalue weighted by molar-refractivity contribution is 0.124. The Balaban J connectivity index is 2.27. The Hall–Kier alpha value is -1.75. The molecule has 0 bridgehead atoms. The maximum Gasteiger partial charge on any atom is 0.255 e. The number of aliphatic hydroxyl groups excluding tert-OH is 1. The van der Waals surface area contributed by atoms with E-state index in [0.29, 0.717) is 6.42 Å². The van der Waals surface area contributed by atoms with Gasteiger partial charge in [-0.3, -0.25) is 0 Å². The Kier molecular flexibility index (Phi) is 3.49. The van der Waals surface area contributed by atoms with Crippen molar-refractivity contribution in [2.24, 2.45) is 0 Å². The van der Waals surface area contributed by atoms with Gasteiger partial charge in [0.15, 0.2) is 0 Å². The maximum atomic E-state index is 13.4. The van der Waals surface area contributed by atoms with E-state index in [4.69, 9.17) is 4.52 Å². The summed E-state index contributed by atoms with van der Waals surface area (Å²) < 4.78 is 18.4. The van der Waals surface area contributed by atoms with E-state index in [0.717, 1.165) is 6.42 Å². The second kappa shape index (κ2) is 5.05. The average Bonchev–Trinajstić information content (AvgIpc) is 2.79. The highest BCUT2D eigenvalue weighted by atomic mass is 19.1. The summed E-state index contributed by atoms with van der Waals surface area (Å²) in [6.07, 6.45) is 0.560. The first-order valence-corrected chi connectivity index (χ1v) is 5.49. The molecule has 1 atom stereocenters. The van der Waals surface area contributed by atoms with Gasteiger partial charge in [0.05, 0.1) is 5.56 Å². The summed E-state index contributed by atoms with van der Waals surface area (Å²) in [5.74, 6) is -0.122. The minimum atomic E-state index is -0.784. The molecule has 1 aromatic carbocycles. The molecule has 0 spiro atoms. The lowest BCUT2D eigenvalue weighted by atomic mass is 10.2. The fourth-order valence-electron chi connectivity index (χ4n) is 1.52. The molecule has 0 unspecified atom stereocenters. The number of hydrogen-bond donors (Lipinski definition) is 1. The smallest absolute Gasteiger partial charge is 0.255 e. The molecule has 0 saturated heterocycles. The van der Waals surface area contributed by atoms with Crippen molar-refractivity contribution >= 4 is 0 Å². The number of rotatable bonds is 4. The lowest BCUT2D eigenvalue weighted by Crippen LogP contribution is -1.96. The molecule has 5 heteroatoms. The second-order valence-corrected chi connectivity index (χ2v) is 3.74. The van der Waals surface area contributed by atoms with Crippen LogP contribution < -0.4 is 0 Å². The maximum absolute atomic E-state index is 13.4. The highest BCUT2D eigenvalue weighted by molar-refractivity contribution is 5.54. The lowest BCUT2D eigenvalue weighted by Gasteiger charge is -2.01. The molecule has 0 fully saturated rings. The molecule has 1 N–H and O–H groups in total. The molecule has 1 heterocycles. The van der Waals surface area contributed by atoms with Crippen molar-refractivity contribution < 1.29 is 14.0 Å². The Labute approximate surface area is 98.1 Å². The van der Waals surface area contributed by atoms with E-state index in [2.05, 4.69) is 10.1 Å². The quantitative estimate of drug-likeness (QED) is 0.886. The molecule has 2 aromatic rings. The fourth-order valence-corrected chi connectivity index (χ4v) is 1.52. The molecule has 2 rings (SSSR count). The topological polar surface area (TPSA) is 59.2 Å². The highest BCUT2D eigenvalue weighted by Crippen LogP contribution is 2.22. The van der Waals surface area contributed by atoms with Crippen molar-refractivity contribution in [2.75, 3.05) is 0 Å². The van der Waals surface area contributed by atoms with Crippen LogP contribution in [0.3, 0.4) is 0 Å². The van der Waals surface area contributed by atoms with E-state index in [1.165, 1.54) is 6.07 Å². The van der Waals surface area contributed by atoms with Crippen molar-refractivity contribution in [2.45, 2.75) is 25.9 Å². The standard InChI is InChI=1S/C12H13FN2O2/c1-2-5-10(16)12-14-11(15-17-12)8-6-3-4-7-9(8)13/h3-4,6-7,10,16H,2,5H2,1H3/t10-/m0/s1. The van der Waals surface area contributed by atoms with E-state index < -0.39 is 11.9 Å². The van der Waals surface area contributed by atoms with E-state index >= 15 is 0 Å². The van der Waals surface area contributed by atoms with Crippen LogP contribution in [-0.2, 0) is 0 Å². The predicted molar refractivity (Wildman–Crippen MR) is 59.6 cm³/mol. The largest absolute Gasteiger partial charge is 0.383 e. The van der Waals surface area contributed by atoms with E-state index in [1.54, 1.807) is 18.2 Å². The fraction of sp³-hybridized carbons (Fsp3) is 0.333. The molecule has 17 heavy (non-hydrogen) atoms. The number of benzene rings is 1. The van der Waals surface area contributed by atoms with Gasteiger partial charge in [-0.2, -0.15) is 4.98 Å². The monoisotopic (exact) mass is 236 g/mol. The van der Waals surface area contributed by atoms with Crippen LogP contribution in [0.5, 0.6) is 0 Å². The average molecular weight is 236 g/mol. The molecule has 1 aromatic heterocycles. The van der Waals surface area contributed by atoms with Crippen LogP contribution in [0.4, 0.5) is 4.39 Å². The summed E-state index contributed by atoms with van der Waals surface area (Å²) >= 11 is 0. The Morgan fingerprint density at radius 1 is 1.41 bits per heavy atom. The molecule has 0 aliphatic rings. The van der Waals surface area contributed by atoms with E-state index in [-0.39, 0.29) is 17.3 Å². The van der Waals surface area contributed by atoms with Crippen LogP contribution in [0.2, 0.25) is 0 Å². The number of aromatic nitrogens is 2. The number of nitrogens with zero attached hydrogens (tertiary/aromatic N) is 2. The molecule has 0 aliphatic heterocycles. The molecule has 0 saturated carbocycles. The molecule has 0 radical (unpaired) electrons. The third kappa shape index (κ3) is 2.50. The number of halogens is 1. The minimum absolute atomic E-state index is 0.130. The van der Waals surface area contributed by atoms with Gasteiger partial charge in [0.2, 0.25) is 5.82 Å². The second-order valence-electron chi connectivity index (χ2n) is 3.74. The van der Waals surface area contributed by atoms with Gasteiger partial charge < -0.3 is 9.63 Å². The third-order valence-corrected chi connectivity index (χ3v) is 2.40. The van der Waals surface area contributed by atoms with Gasteiger partial charge >= 0.3 is 0 Å². The van der Waals surface area contributed by atoms with Crippen LogP contribution in [0.15, 0.2) is 28.8 Å². The van der Waals surface area contributed by atoms with Crippen molar-refractivity contribution in [3.63, 3.8) is 0 Å². The van der Waals surface area contributed by atoms with Crippen molar-refractivity contribution in [1.82, 2.24) is 10.1 Å². The number of aliphatic hydroxyl groups is 1. The van der Waals surface area contributed by atoms with Gasteiger partial charge in [-0.05, 0) is 18.6 Å². The van der Waals surface area contributed by atoms with Crippen LogP contribution in [-0.4, -0.2) is 15.2 Å². The van der Waals surface area contributed by atoms with Gasteiger partial charge in [-0.25, -0.2) is 4.39 Å². The predicted octanol–water partition coefficient (Wildman–Crippen LogP) is 2.71. The van der Waals surface area contributed by atoms with Gasteiger partial charge in [0.1, 0.15) is 11.9 Å². The zero-order valence-electron chi connectivity index (χ0n) is 9.43. The zero-order valence-corrected chi connectivity index (χ0v) is 9.43. The SMILES string of the molecule is CCC[C@H](O)c1nc(-c2ccccc2F)no1. The van der Waals surface area contributed by atoms with Gasteiger partial charge in [-0.15, -0.1) is 0 Å². The third-order valence-electron chi connectivity index (χ3n) is 2.40. The molecule has 0 amide bonds. The minimum Gasteiger partial charge on any atom is -0.383 e. The van der Waals surface area contributed by atoms with Gasteiger partial charge in [0, 0.05) is 0 Å². The summed E-state index contributed by atoms with van der Waals surface area (Å²) in [5, 5.41) is 13.3. The summed E-state index contributed by atoms with van der Waals surface area (Å²) in [6, 6.07) is 6.17. The van der Waals surface area contributed by atoms with Crippen LogP contribution >= 0.6 is 0 Å². The van der Waals surface area contributed by atoms with Crippen molar-refractivity contribution in [3.8, 4) is 11.4 Å². The molecular weight excluding hydrogens is 223 g/mol. The summed E-state index contributed by atoms with van der Waals surface area (Å²) in [6.45, 7) is 1.94. The Morgan fingerprint density at radius 2 is 2.18 bits per heavy atom. The van der Waals surface area contributed by atoms with E-state index in [1.807, 2.05) is 6.92 Å². The summed E-state index contributed by atoms with van der Waals surface area (Å²) in [7, 11) is 0. The summed E-state index contributed by atoms with van der Waals surface area (Å²) in [4.78, 5) is 3.99. The highest BCUT2D eigenvalue weighted by Gasteiger charge is 2.17. The first kappa shape index (κ1) is 11.7. The van der Waals surface area contributed by atoms with Gasteiger partial charge in [0.25, 0.3) is 5.89 Å². The molecule has 0 aliphatic carbocycles. The van der Waals surface area contributed by atoms with Crippen molar-refractivity contribution in [3.05, 3.63) is 36.0 Å². The van der Waals surface area contributed by atoms with Crippen LogP contribution in [0.1, 0.15) is 31.8 Å². The molecule has 4 nitrogen and oxygen atoms in total. The Bertz CT molecular complexity index is 499. The zero-order chi connectivity index (χ0) is 12.3. The van der Waals surface area contributed by atoms with Crippen LogP contribution in [0, 0.1) is 5.82 Å². The molecule has 90 valence electrons. The van der Waals surface area contributed by atoms with Crippen LogP contribution in [0.25, 0.3) is 11.4 Å². The first-order chi connectivity index (χ1) is 8.22.